The maximum Gasteiger partial charge on any atom is 0.259 e. The number of aromatic nitrogens is 2. The number of rotatable bonds is 4. The second-order valence-corrected chi connectivity index (χ2v) is 7.09. The lowest BCUT2D eigenvalue weighted by molar-refractivity contribution is 0.355. The summed E-state index contributed by atoms with van der Waals surface area (Å²) < 4.78 is 10.6. The normalized spacial score (nSPS) is 14.7. The van der Waals surface area contributed by atoms with Crippen LogP contribution in [0.1, 0.15) is 25.7 Å². The van der Waals surface area contributed by atoms with Gasteiger partial charge in [0.1, 0.15) is 5.82 Å². The highest BCUT2D eigenvalue weighted by Crippen LogP contribution is 2.31. The zero-order valence-corrected chi connectivity index (χ0v) is 16.3. The minimum Gasteiger partial charge on any atom is -0.493 e. The molecule has 0 unspecified atom stereocenters. The van der Waals surface area contributed by atoms with E-state index in [0.717, 1.165) is 18.7 Å². The number of hydrogen-bond donors (Lipinski definition) is 1. The van der Waals surface area contributed by atoms with Crippen molar-refractivity contribution in [3.05, 3.63) is 46.8 Å². The number of anilines is 1. The third-order valence-corrected chi connectivity index (χ3v) is 5.32. The number of methoxy groups -OCH3 is 2. The van der Waals surface area contributed by atoms with Gasteiger partial charge >= 0.3 is 0 Å². The maximum atomic E-state index is 12.6. The molecule has 6 heteroatoms. The first kappa shape index (κ1) is 18.3. The van der Waals surface area contributed by atoms with Crippen molar-refractivity contribution < 1.29 is 9.47 Å². The number of benzene rings is 2. The summed E-state index contributed by atoms with van der Waals surface area (Å²) in [6.07, 6.45) is 5.11. The van der Waals surface area contributed by atoms with Crippen molar-refractivity contribution >= 4 is 16.6 Å². The molecule has 0 amide bonds. The van der Waals surface area contributed by atoms with E-state index in [1.54, 1.807) is 26.4 Å². The van der Waals surface area contributed by atoms with Crippen molar-refractivity contribution in [1.82, 2.24) is 9.97 Å². The standard InChI is InChI=1S/C22H25N3O3/c1-27-19-13-17-18(14-20(19)28-2)23-21(24-22(17)26)15-7-9-16(10-8-15)25-11-5-3-4-6-12-25/h7-10,13-14H,3-6,11-12H2,1-2H3,(H,23,24,26). The van der Waals surface area contributed by atoms with Gasteiger partial charge in [-0.1, -0.05) is 12.8 Å². The van der Waals surface area contributed by atoms with E-state index in [0.29, 0.717) is 28.2 Å². The van der Waals surface area contributed by atoms with Gasteiger partial charge in [-0.15, -0.1) is 0 Å². The summed E-state index contributed by atoms with van der Waals surface area (Å²) in [5, 5.41) is 0.475. The molecule has 1 aromatic heterocycles. The Balaban J connectivity index is 1.69. The highest BCUT2D eigenvalue weighted by Gasteiger charge is 2.13. The lowest BCUT2D eigenvalue weighted by Gasteiger charge is -2.22. The van der Waals surface area contributed by atoms with E-state index in [1.807, 2.05) is 12.1 Å². The van der Waals surface area contributed by atoms with Gasteiger partial charge in [0.15, 0.2) is 11.5 Å². The third kappa shape index (κ3) is 3.54. The predicted octanol–water partition coefficient (Wildman–Crippen LogP) is 3.99. The summed E-state index contributed by atoms with van der Waals surface area (Å²) in [4.78, 5) is 22.6. The molecule has 2 aromatic carbocycles. The van der Waals surface area contributed by atoms with E-state index < -0.39 is 0 Å². The van der Waals surface area contributed by atoms with Crippen molar-refractivity contribution in [2.75, 3.05) is 32.2 Å². The molecular weight excluding hydrogens is 354 g/mol. The second kappa shape index (κ2) is 7.92. The van der Waals surface area contributed by atoms with Gasteiger partial charge in [0.2, 0.25) is 0 Å². The SMILES string of the molecule is COc1cc2nc(-c3ccc(N4CCCCCC4)cc3)[nH]c(=O)c2cc1OC. The molecule has 0 bridgehead atoms. The molecule has 0 aliphatic carbocycles. The summed E-state index contributed by atoms with van der Waals surface area (Å²) >= 11 is 0. The van der Waals surface area contributed by atoms with E-state index in [1.165, 1.54) is 31.4 Å². The predicted molar refractivity (Wildman–Crippen MR) is 112 cm³/mol. The fraction of sp³-hybridized carbons (Fsp3) is 0.364. The van der Waals surface area contributed by atoms with Gasteiger partial charge in [0.05, 0.1) is 25.1 Å². The van der Waals surface area contributed by atoms with Crippen molar-refractivity contribution in [1.29, 1.82) is 0 Å². The second-order valence-electron chi connectivity index (χ2n) is 7.09. The first-order chi connectivity index (χ1) is 13.7. The van der Waals surface area contributed by atoms with Crippen LogP contribution < -0.4 is 19.9 Å². The Labute approximate surface area is 164 Å². The number of nitrogens with one attached hydrogen (secondary N) is 1. The van der Waals surface area contributed by atoms with Crippen molar-refractivity contribution in [2.45, 2.75) is 25.7 Å². The Morgan fingerprint density at radius 1 is 0.929 bits per heavy atom. The molecule has 1 N–H and O–H groups in total. The molecule has 2 heterocycles. The molecule has 146 valence electrons. The summed E-state index contributed by atoms with van der Waals surface area (Å²) in [6.45, 7) is 2.21. The Bertz CT molecular complexity index is 1020. The third-order valence-electron chi connectivity index (χ3n) is 5.32. The number of fused-ring (bicyclic) bond motifs is 1. The lowest BCUT2D eigenvalue weighted by atomic mass is 10.1. The molecule has 1 aliphatic rings. The van der Waals surface area contributed by atoms with Crippen LogP contribution in [0.2, 0.25) is 0 Å². The van der Waals surface area contributed by atoms with Crippen molar-refractivity contribution in [3.8, 4) is 22.9 Å². The van der Waals surface area contributed by atoms with Gasteiger partial charge in [-0.05, 0) is 43.2 Å². The highest BCUT2D eigenvalue weighted by atomic mass is 16.5. The van der Waals surface area contributed by atoms with Crippen molar-refractivity contribution in [3.63, 3.8) is 0 Å². The topological polar surface area (TPSA) is 67.5 Å². The number of nitrogens with zero attached hydrogens (tertiary/aromatic N) is 2. The van der Waals surface area contributed by atoms with Crippen LogP contribution in [0, 0.1) is 0 Å². The molecular formula is C22H25N3O3. The molecule has 0 atom stereocenters. The average Bonchev–Trinajstić information content (AvgIpc) is 3.02. The smallest absolute Gasteiger partial charge is 0.259 e. The zero-order valence-electron chi connectivity index (χ0n) is 16.3. The van der Waals surface area contributed by atoms with Gasteiger partial charge < -0.3 is 19.4 Å². The Morgan fingerprint density at radius 2 is 1.57 bits per heavy atom. The number of H-pyrrole nitrogens is 1. The Hall–Kier alpha value is -3.02. The van der Waals surface area contributed by atoms with E-state index in [2.05, 4.69) is 27.0 Å². The van der Waals surface area contributed by atoms with Crippen LogP contribution in [0.25, 0.3) is 22.3 Å². The van der Waals surface area contributed by atoms with E-state index >= 15 is 0 Å². The molecule has 3 aromatic rings. The van der Waals surface area contributed by atoms with Crippen LogP contribution in [-0.2, 0) is 0 Å². The fourth-order valence-electron chi connectivity index (χ4n) is 3.76. The molecule has 0 spiro atoms. The average molecular weight is 379 g/mol. The van der Waals surface area contributed by atoms with Gasteiger partial charge in [-0.25, -0.2) is 4.98 Å². The van der Waals surface area contributed by atoms with Gasteiger partial charge in [0, 0.05) is 30.4 Å². The van der Waals surface area contributed by atoms with Crippen LogP contribution in [0.5, 0.6) is 11.5 Å². The summed E-state index contributed by atoms with van der Waals surface area (Å²) in [5.41, 5.74) is 2.48. The van der Waals surface area contributed by atoms with E-state index in [4.69, 9.17) is 9.47 Å². The van der Waals surface area contributed by atoms with Crippen LogP contribution in [0.3, 0.4) is 0 Å². The molecule has 0 radical (unpaired) electrons. The van der Waals surface area contributed by atoms with E-state index in [-0.39, 0.29) is 5.56 Å². The fourth-order valence-corrected chi connectivity index (χ4v) is 3.76. The van der Waals surface area contributed by atoms with Crippen LogP contribution >= 0.6 is 0 Å². The van der Waals surface area contributed by atoms with Gasteiger partial charge in [-0.3, -0.25) is 4.79 Å². The van der Waals surface area contributed by atoms with Crippen LogP contribution in [0.4, 0.5) is 5.69 Å². The molecule has 1 saturated heterocycles. The number of aromatic amines is 1. The minimum absolute atomic E-state index is 0.197. The minimum atomic E-state index is -0.197. The first-order valence-electron chi connectivity index (χ1n) is 9.71. The summed E-state index contributed by atoms with van der Waals surface area (Å²) in [7, 11) is 3.12. The highest BCUT2D eigenvalue weighted by molar-refractivity contribution is 5.83. The van der Waals surface area contributed by atoms with Crippen LogP contribution in [0.15, 0.2) is 41.2 Å². The van der Waals surface area contributed by atoms with E-state index in [9.17, 15) is 4.79 Å². The van der Waals surface area contributed by atoms with Gasteiger partial charge in [0.25, 0.3) is 5.56 Å². The number of ether oxygens (including phenoxy) is 2. The first-order valence-corrected chi connectivity index (χ1v) is 9.71. The molecule has 6 nitrogen and oxygen atoms in total. The maximum absolute atomic E-state index is 12.6. The lowest BCUT2D eigenvalue weighted by Crippen LogP contribution is -2.23. The summed E-state index contributed by atoms with van der Waals surface area (Å²) in [6, 6.07) is 11.7. The van der Waals surface area contributed by atoms with Gasteiger partial charge in [-0.2, -0.15) is 0 Å². The molecule has 1 aliphatic heterocycles. The van der Waals surface area contributed by atoms with Crippen molar-refractivity contribution in [2.24, 2.45) is 0 Å². The monoisotopic (exact) mass is 379 g/mol. The zero-order chi connectivity index (χ0) is 19.5. The Morgan fingerprint density at radius 3 is 2.21 bits per heavy atom. The summed E-state index contributed by atoms with van der Waals surface area (Å²) in [5.74, 6) is 1.61. The number of hydrogen-bond acceptors (Lipinski definition) is 5. The molecule has 1 fully saturated rings. The Kier molecular flexibility index (Phi) is 5.19. The molecule has 4 rings (SSSR count). The molecule has 0 saturated carbocycles. The van der Waals surface area contributed by atoms with Crippen LogP contribution in [-0.4, -0.2) is 37.3 Å². The largest absolute Gasteiger partial charge is 0.493 e. The quantitative estimate of drug-likeness (QED) is 0.742. The molecule has 28 heavy (non-hydrogen) atoms.